The smallest absolute Gasteiger partial charge is 0.310 e. The molecule has 0 bridgehead atoms. The molecule has 8 heteroatoms. The van der Waals surface area contributed by atoms with Crippen molar-refractivity contribution in [2.75, 3.05) is 0 Å². The van der Waals surface area contributed by atoms with Crippen LogP contribution in [0, 0.1) is 14.3 Å². The summed E-state index contributed by atoms with van der Waals surface area (Å²) in [6.45, 7) is 2.03. The molecule has 0 radical (unpaired) electrons. The van der Waals surface area contributed by atoms with Crippen molar-refractivity contribution in [2.45, 2.75) is 44.6 Å². The van der Waals surface area contributed by atoms with Gasteiger partial charge in [0.2, 0.25) is 0 Å². The molecule has 0 aliphatic heterocycles. The van der Waals surface area contributed by atoms with Crippen LogP contribution in [-0.4, -0.2) is 16.7 Å². The molecule has 28 heavy (non-hydrogen) atoms. The molecule has 0 atom stereocenters. The number of carbonyl (C=O) groups is 1. The zero-order valence-electron chi connectivity index (χ0n) is 15.0. The monoisotopic (exact) mass is 830 g/mol. The third kappa shape index (κ3) is 5.77. The molecule has 1 aliphatic carbocycles. The van der Waals surface area contributed by atoms with E-state index in [1.807, 2.05) is 19.1 Å². The van der Waals surface area contributed by atoms with Crippen LogP contribution < -0.4 is 4.74 Å². The zero-order valence-corrected chi connectivity index (χ0v) is 23.7. The first kappa shape index (κ1) is 23.1. The van der Waals surface area contributed by atoms with Gasteiger partial charge in [-0.1, -0.05) is 0 Å². The number of ether oxygens (including phenoxy) is 2. The number of esters is 1. The van der Waals surface area contributed by atoms with Crippen LogP contribution >= 0.6 is 90.4 Å². The van der Waals surface area contributed by atoms with Crippen molar-refractivity contribution < 1.29 is 19.4 Å². The Kier molecular flexibility index (Phi) is 8.01. The fourth-order valence-electron chi connectivity index (χ4n) is 3.23. The zero-order chi connectivity index (χ0) is 20.5. The second-order valence-corrected chi connectivity index (χ2v) is 11.7. The van der Waals surface area contributed by atoms with Crippen LogP contribution in [0.25, 0.3) is 0 Å². The van der Waals surface area contributed by atoms with Crippen LogP contribution in [0.5, 0.6) is 17.2 Å². The van der Waals surface area contributed by atoms with Gasteiger partial charge in [0.15, 0.2) is 5.75 Å². The highest BCUT2D eigenvalue weighted by molar-refractivity contribution is 14.1. The average molecular weight is 830 g/mol. The summed E-state index contributed by atoms with van der Waals surface area (Å²) in [7, 11) is 0. The summed E-state index contributed by atoms with van der Waals surface area (Å²) in [5, 5.41) is 9.93. The molecule has 3 rings (SSSR count). The van der Waals surface area contributed by atoms with E-state index in [0.717, 1.165) is 51.3 Å². The van der Waals surface area contributed by atoms with E-state index in [4.69, 9.17) is 9.47 Å². The van der Waals surface area contributed by atoms with Crippen LogP contribution in [0.3, 0.4) is 0 Å². The van der Waals surface area contributed by atoms with Gasteiger partial charge in [-0.25, -0.2) is 0 Å². The molecule has 150 valence electrons. The Bertz CT molecular complexity index is 861. The number of hydrogen-bond acceptors (Lipinski definition) is 4. The Balaban J connectivity index is 1.74. The van der Waals surface area contributed by atoms with Crippen molar-refractivity contribution in [1.82, 2.24) is 0 Å². The lowest BCUT2D eigenvalue weighted by atomic mass is 10.1. The summed E-state index contributed by atoms with van der Waals surface area (Å²) in [4.78, 5) is 12.4. The quantitative estimate of drug-likeness (QED) is 0.260. The predicted molar refractivity (Wildman–Crippen MR) is 142 cm³/mol. The molecule has 0 spiro atoms. The van der Waals surface area contributed by atoms with Crippen molar-refractivity contribution in [2.24, 2.45) is 0 Å². The minimum atomic E-state index is -0.298. The maximum absolute atomic E-state index is 12.4. The standard InChI is InChI=1S/C20H18I4O4/c1-20(4-2-3-5-20)28-17(25)8-11-6-15(23)19(16(24)7-11)27-12-9-13(21)18(26)14(22)10-12/h6-7,9-10,26H,2-5,8H2,1H3. The van der Waals surface area contributed by atoms with Gasteiger partial charge in [0, 0.05) is 0 Å². The molecular weight excluding hydrogens is 812 g/mol. The third-order valence-electron chi connectivity index (χ3n) is 4.64. The summed E-state index contributed by atoms with van der Waals surface area (Å²) in [6, 6.07) is 7.54. The molecule has 1 fully saturated rings. The topological polar surface area (TPSA) is 55.8 Å². The average Bonchev–Trinajstić information content (AvgIpc) is 3.01. The van der Waals surface area contributed by atoms with Gasteiger partial charge >= 0.3 is 5.97 Å². The largest absolute Gasteiger partial charge is 0.506 e. The van der Waals surface area contributed by atoms with Gasteiger partial charge in [-0.15, -0.1) is 0 Å². The van der Waals surface area contributed by atoms with E-state index in [0.29, 0.717) is 5.75 Å². The lowest BCUT2D eigenvalue weighted by Crippen LogP contribution is -2.28. The van der Waals surface area contributed by atoms with Crippen LogP contribution in [0.1, 0.15) is 38.2 Å². The summed E-state index contributed by atoms with van der Waals surface area (Å²) >= 11 is 8.62. The molecule has 2 aromatic carbocycles. The number of phenolic OH excluding ortho intramolecular Hbond substituents is 1. The van der Waals surface area contributed by atoms with Gasteiger partial charge in [0.05, 0.1) is 20.7 Å². The summed E-state index contributed by atoms with van der Waals surface area (Å²) in [5.74, 6) is 1.51. The number of rotatable bonds is 5. The molecule has 0 unspecified atom stereocenters. The number of hydrogen-bond donors (Lipinski definition) is 1. The lowest BCUT2D eigenvalue weighted by molar-refractivity contribution is -0.156. The van der Waals surface area contributed by atoms with Gasteiger partial charge in [0.25, 0.3) is 0 Å². The molecular formula is C20H18I4O4. The van der Waals surface area contributed by atoms with E-state index in [2.05, 4.69) is 90.4 Å². The van der Waals surface area contributed by atoms with Crippen molar-refractivity contribution in [3.63, 3.8) is 0 Å². The Morgan fingerprint density at radius 3 is 2.07 bits per heavy atom. The highest BCUT2D eigenvalue weighted by Crippen LogP contribution is 2.37. The Morgan fingerprint density at radius 2 is 1.54 bits per heavy atom. The van der Waals surface area contributed by atoms with Crippen molar-refractivity contribution in [3.8, 4) is 17.2 Å². The minimum absolute atomic E-state index is 0.174. The van der Waals surface area contributed by atoms with Crippen molar-refractivity contribution in [3.05, 3.63) is 44.1 Å². The molecule has 2 aromatic rings. The predicted octanol–water partition coefficient (Wildman–Crippen LogP) is 7.02. The van der Waals surface area contributed by atoms with E-state index in [1.54, 1.807) is 12.1 Å². The van der Waals surface area contributed by atoms with E-state index >= 15 is 0 Å². The Labute approximate surface area is 219 Å². The van der Waals surface area contributed by atoms with Crippen LogP contribution in [0.4, 0.5) is 0 Å². The van der Waals surface area contributed by atoms with Crippen molar-refractivity contribution in [1.29, 1.82) is 0 Å². The summed E-state index contributed by atoms with van der Waals surface area (Å²) in [6.07, 6.45) is 4.41. The minimum Gasteiger partial charge on any atom is -0.506 e. The number of aromatic hydroxyl groups is 1. The van der Waals surface area contributed by atoms with E-state index in [9.17, 15) is 9.90 Å². The van der Waals surface area contributed by atoms with Crippen LogP contribution in [0.2, 0.25) is 0 Å². The molecule has 0 amide bonds. The van der Waals surface area contributed by atoms with Gasteiger partial charge in [-0.05, 0) is 153 Å². The van der Waals surface area contributed by atoms with Gasteiger partial charge in [-0.3, -0.25) is 4.79 Å². The first-order chi connectivity index (χ1) is 13.2. The van der Waals surface area contributed by atoms with E-state index < -0.39 is 0 Å². The highest BCUT2D eigenvalue weighted by atomic mass is 127. The van der Waals surface area contributed by atoms with Gasteiger partial charge < -0.3 is 14.6 Å². The second kappa shape index (κ2) is 9.71. The fourth-order valence-corrected chi connectivity index (χ4v) is 7.06. The SMILES string of the molecule is CC1(OC(=O)Cc2cc(I)c(Oc3cc(I)c(O)c(I)c3)c(I)c2)CCCC1. The van der Waals surface area contributed by atoms with E-state index in [-0.39, 0.29) is 23.7 Å². The molecule has 1 N–H and O–H groups in total. The maximum Gasteiger partial charge on any atom is 0.310 e. The Hall–Kier alpha value is 0.430. The second-order valence-electron chi connectivity index (χ2n) is 7.03. The van der Waals surface area contributed by atoms with Crippen LogP contribution in [0.15, 0.2) is 24.3 Å². The number of benzene rings is 2. The number of halogens is 4. The van der Waals surface area contributed by atoms with Crippen LogP contribution in [-0.2, 0) is 16.0 Å². The molecule has 0 aromatic heterocycles. The first-order valence-electron chi connectivity index (χ1n) is 8.72. The summed E-state index contributed by atoms with van der Waals surface area (Å²) in [5.41, 5.74) is 0.621. The molecule has 1 saturated carbocycles. The van der Waals surface area contributed by atoms with Gasteiger partial charge in [0.1, 0.15) is 17.1 Å². The van der Waals surface area contributed by atoms with Gasteiger partial charge in [-0.2, -0.15) is 0 Å². The lowest BCUT2D eigenvalue weighted by Gasteiger charge is -2.24. The third-order valence-corrected chi connectivity index (χ3v) is 7.89. The molecule has 1 aliphatic rings. The number of phenols is 1. The summed E-state index contributed by atoms with van der Waals surface area (Å²) < 4.78 is 15.2. The maximum atomic E-state index is 12.4. The molecule has 0 heterocycles. The highest BCUT2D eigenvalue weighted by Gasteiger charge is 2.32. The number of carbonyl (C=O) groups excluding carboxylic acids is 1. The first-order valence-corrected chi connectivity index (χ1v) is 13.0. The molecule has 4 nitrogen and oxygen atoms in total. The van der Waals surface area contributed by atoms with E-state index in [1.165, 1.54) is 0 Å². The molecule has 0 saturated heterocycles. The normalized spacial score (nSPS) is 15.5. The van der Waals surface area contributed by atoms with Crippen molar-refractivity contribution >= 4 is 96.3 Å². The Morgan fingerprint density at radius 1 is 1.00 bits per heavy atom. The fraction of sp³-hybridized carbons (Fsp3) is 0.350.